The molecule has 2 aliphatic rings. The minimum Gasteiger partial charge on any atom is -0.459 e. The number of nitrogens with one attached hydrogen (secondary N) is 1. The number of ether oxygens (including phenoxy) is 4. The summed E-state index contributed by atoms with van der Waals surface area (Å²) in [6.45, 7) is 17.4. The maximum atomic E-state index is 14.1. The number of carbonyl (C=O) groups is 2. The molecule has 0 aromatic carbocycles. The third kappa shape index (κ3) is 10.2. The molecule has 13 atom stereocenters. The Labute approximate surface area is 288 Å². The van der Waals surface area contributed by atoms with Crippen molar-refractivity contribution in [3.63, 3.8) is 0 Å². The molecular weight excluding hydrogens is 622 g/mol. The van der Waals surface area contributed by atoms with E-state index < -0.39 is 77.3 Å². The zero-order valence-corrected chi connectivity index (χ0v) is 31.4. The van der Waals surface area contributed by atoms with Gasteiger partial charge in [0.1, 0.15) is 30.3 Å². The molecule has 13 heteroatoms. The van der Waals surface area contributed by atoms with Gasteiger partial charge < -0.3 is 49.3 Å². The number of hydrogen-bond donors (Lipinski definition) is 4. The number of hydrogen-bond acceptors (Lipinski definition) is 13. The molecule has 2 rings (SSSR count). The number of Topliss-reactive ketones (excluding diaryl/α,β-unsaturated/α-hetero) is 1. The summed E-state index contributed by atoms with van der Waals surface area (Å²) in [6, 6.07) is -0.256. The average molecular weight is 688 g/mol. The number of cyclic esters (lactones) is 1. The van der Waals surface area contributed by atoms with Crippen molar-refractivity contribution < 1.29 is 48.7 Å². The number of esters is 1. The van der Waals surface area contributed by atoms with Crippen molar-refractivity contribution in [2.75, 3.05) is 40.9 Å². The molecule has 2 saturated heterocycles. The number of rotatable bonds is 11. The van der Waals surface area contributed by atoms with Crippen LogP contribution in [0.5, 0.6) is 0 Å². The number of nitrogens with zero attached hydrogens (tertiary/aromatic N) is 2. The lowest BCUT2D eigenvalue weighted by atomic mass is 9.74. The number of ketones is 1. The van der Waals surface area contributed by atoms with Crippen LogP contribution >= 0.6 is 0 Å². The minimum atomic E-state index is -1.88. The van der Waals surface area contributed by atoms with Crippen molar-refractivity contribution in [1.29, 1.82) is 0 Å². The SMILES string of the molecule is CCCNCCO/N=C1\[C@H](C)C[C@@](C)(OC)C(O[C@@H]2O[C@H](C)C[C@H](N(C)C)[C@H]2O)[C@@H](C)C(=O)[C@@H](C)C(=O)O[C@H](CC)[C@@](C)(O)[C@H](O)[C@H]1C. The number of methoxy groups -OCH3 is 1. The molecule has 13 nitrogen and oxygen atoms in total. The average Bonchev–Trinajstić information content (AvgIpc) is 3.04. The largest absolute Gasteiger partial charge is 0.459 e. The molecule has 0 aliphatic carbocycles. The Bertz CT molecular complexity index is 1060. The van der Waals surface area contributed by atoms with Crippen LogP contribution in [0.15, 0.2) is 5.16 Å². The molecule has 280 valence electrons. The second-order valence-corrected chi connectivity index (χ2v) is 14.6. The van der Waals surface area contributed by atoms with Crippen LogP contribution in [-0.4, -0.2) is 133 Å². The van der Waals surface area contributed by atoms with E-state index in [1.165, 1.54) is 21.0 Å². The Morgan fingerprint density at radius 2 is 1.69 bits per heavy atom. The molecular formula is C35H65N3O10. The number of oxime groups is 1. The van der Waals surface area contributed by atoms with Crippen LogP contribution in [0.1, 0.15) is 88.0 Å². The number of aliphatic hydroxyl groups excluding tert-OH is 2. The first kappa shape index (κ1) is 42.5. The first-order valence-corrected chi connectivity index (χ1v) is 17.6. The van der Waals surface area contributed by atoms with Gasteiger partial charge in [-0.05, 0) is 74.0 Å². The van der Waals surface area contributed by atoms with Gasteiger partial charge in [0.15, 0.2) is 12.1 Å². The zero-order chi connectivity index (χ0) is 36.6. The molecule has 0 amide bonds. The highest BCUT2D eigenvalue weighted by Crippen LogP contribution is 2.38. The standard InChI is InChI=1S/C35H65N3O10/c1-13-15-36-16-17-45-37-27-20(3)19-34(8,44-12)31(48-33-29(40)25(38(10)11)18-21(4)46-33)23(6)28(39)24(7)32(42)47-26(14-2)35(9,43)30(41)22(27)5/h20-26,29-31,33,36,40-41,43H,13-19H2,1-12H3/b37-27+/t20-,21-,22+,23+,24-,25+,26-,29-,30-,31?,33+,34-,35-/m1/s1. The van der Waals surface area contributed by atoms with Crippen LogP contribution < -0.4 is 5.32 Å². The van der Waals surface area contributed by atoms with Gasteiger partial charge in [0.05, 0.1) is 29.6 Å². The van der Waals surface area contributed by atoms with Gasteiger partial charge in [-0.15, -0.1) is 0 Å². The topological polar surface area (TPSA) is 169 Å². The van der Waals surface area contributed by atoms with Crippen LogP contribution in [0.4, 0.5) is 0 Å². The fourth-order valence-electron chi connectivity index (χ4n) is 7.16. The molecule has 0 bridgehead atoms. The first-order chi connectivity index (χ1) is 22.4. The van der Waals surface area contributed by atoms with E-state index in [0.717, 1.165) is 13.0 Å². The van der Waals surface area contributed by atoms with Crippen LogP contribution in [0.25, 0.3) is 0 Å². The third-order valence-corrected chi connectivity index (χ3v) is 10.3. The summed E-state index contributed by atoms with van der Waals surface area (Å²) < 4.78 is 24.7. The number of carbonyl (C=O) groups excluding carboxylic acids is 2. The monoisotopic (exact) mass is 687 g/mol. The van der Waals surface area contributed by atoms with Crippen LogP contribution in [-0.2, 0) is 33.4 Å². The van der Waals surface area contributed by atoms with E-state index in [4.69, 9.17) is 23.8 Å². The van der Waals surface area contributed by atoms with Gasteiger partial charge in [0.25, 0.3) is 0 Å². The quantitative estimate of drug-likeness (QED) is 0.109. The van der Waals surface area contributed by atoms with Gasteiger partial charge in [-0.3, -0.25) is 9.59 Å². The van der Waals surface area contributed by atoms with Gasteiger partial charge in [-0.2, -0.15) is 0 Å². The summed E-state index contributed by atoms with van der Waals surface area (Å²) in [5, 5.41) is 42.4. The molecule has 2 heterocycles. The molecule has 4 N–H and O–H groups in total. The van der Waals surface area contributed by atoms with E-state index in [1.807, 2.05) is 39.8 Å². The second-order valence-electron chi connectivity index (χ2n) is 14.6. The van der Waals surface area contributed by atoms with Crippen molar-refractivity contribution in [3.8, 4) is 0 Å². The van der Waals surface area contributed by atoms with Crippen molar-refractivity contribution in [2.24, 2.45) is 28.8 Å². The Hall–Kier alpha value is -1.71. The Balaban J connectivity index is 2.68. The highest BCUT2D eigenvalue weighted by Gasteiger charge is 2.51. The molecule has 0 aromatic rings. The molecule has 2 aliphatic heterocycles. The van der Waals surface area contributed by atoms with Crippen LogP contribution in [0.2, 0.25) is 0 Å². The van der Waals surface area contributed by atoms with Crippen molar-refractivity contribution in [1.82, 2.24) is 10.2 Å². The Morgan fingerprint density at radius 1 is 1.04 bits per heavy atom. The predicted octanol–water partition coefficient (Wildman–Crippen LogP) is 2.53. The fourth-order valence-corrected chi connectivity index (χ4v) is 7.16. The van der Waals surface area contributed by atoms with E-state index in [9.17, 15) is 24.9 Å². The lowest BCUT2D eigenvalue weighted by molar-refractivity contribution is -0.295. The van der Waals surface area contributed by atoms with E-state index in [-0.39, 0.29) is 31.6 Å². The van der Waals surface area contributed by atoms with Gasteiger partial charge in [-0.25, -0.2) is 0 Å². The fraction of sp³-hybridized carbons (Fsp3) is 0.914. The summed E-state index contributed by atoms with van der Waals surface area (Å²) in [4.78, 5) is 35.2. The van der Waals surface area contributed by atoms with Gasteiger partial charge in [-0.1, -0.05) is 39.8 Å². The molecule has 0 radical (unpaired) electrons. The smallest absolute Gasteiger partial charge is 0.316 e. The highest BCUT2D eigenvalue weighted by molar-refractivity contribution is 6.00. The molecule has 0 saturated carbocycles. The van der Waals surface area contributed by atoms with E-state index in [1.54, 1.807) is 20.8 Å². The molecule has 2 fully saturated rings. The van der Waals surface area contributed by atoms with Crippen molar-refractivity contribution in [2.45, 2.75) is 142 Å². The normalized spacial score (nSPS) is 41.7. The Kier molecular flexibility index (Phi) is 16.4. The van der Waals surface area contributed by atoms with E-state index in [0.29, 0.717) is 18.7 Å². The summed E-state index contributed by atoms with van der Waals surface area (Å²) in [6.07, 6.45) is -3.87. The van der Waals surface area contributed by atoms with Gasteiger partial charge in [0, 0.05) is 37.5 Å². The summed E-state index contributed by atoms with van der Waals surface area (Å²) in [5.41, 5.74) is -2.61. The van der Waals surface area contributed by atoms with Gasteiger partial charge >= 0.3 is 5.97 Å². The van der Waals surface area contributed by atoms with E-state index >= 15 is 0 Å². The van der Waals surface area contributed by atoms with Crippen LogP contribution in [0, 0.1) is 23.7 Å². The van der Waals surface area contributed by atoms with Crippen molar-refractivity contribution >= 4 is 17.5 Å². The lowest BCUT2D eigenvalue weighted by Crippen LogP contribution is -2.60. The third-order valence-electron chi connectivity index (χ3n) is 10.3. The predicted molar refractivity (Wildman–Crippen MR) is 182 cm³/mol. The highest BCUT2D eigenvalue weighted by atomic mass is 16.7. The number of likely N-dealkylation sites (N-methyl/N-ethyl adjacent to an activating group) is 1. The van der Waals surface area contributed by atoms with Crippen LogP contribution in [0.3, 0.4) is 0 Å². The molecule has 1 unspecified atom stereocenters. The number of aliphatic hydroxyl groups is 3. The second kappa shape index (κ2) is 18.5. The minimum absolute atomic E-state index is 0.191. The lowest BCUT2D eigenvalue weighted by Gasteiger charge is -2.47. The van der Waals surface area contributed by atoms with Crippen molar-refractivity contribution in [3.05, 3.63) is 0 Å². The molecule has 0 spiro atoms. The molecule has 0 aromatic heterocycles. The summed E-state index contributed by atoms with van der Waals surface area (Å²) >= 11 is 0. The summed E-state index contributed by atoms with van der Waals surface area (Å²) in [5.74, 6) is -4.57. The zero-order valence-electron chi connectivity index (χ0n) is 31.4. The maximum Gasteiger partial charge on any atom is 0.316 e. The van der Waals surface area contributed by atoms with Gasteiger partial charge in [0.2, 0.25) is 0 Å². The first-order valence-electron chi connectivity index (χ1n) is 17.6. The van der Waals surface area contributed by atoms with E-state index in [2.05, 4.69) is 17.4 Å². The maximum absolute atomic E-state index is 14.1. The summed E-state index contributed by atoms with van der Waals surface area (Å²) in [7, 11) is 5.28. The molecule has 48 heavy (non-hydrogen) atoms. The Morgan fingerprint density at radius 3 is 2.25 bits per heavy atom.